The summed E-state index contributed by atoms with van der Waals surface area (Å²) in [6.45, 7) is 0. The molecule has 1 aromatic heterocycles. The molecule has 2 N–H and O–H groups in total. The number of amides is 1. The van der Waals surface area contributed by atoms with Gasteiger partial charge in [-0.15, -0.1) is 11.8 Å². The van der Waals surface area contributed by atoms with Crippen molar-refractivity contribution in [2.24, 2.45) is 7.05 Å². The Bertz CT molecular complexity index is 579. The lowest BCUT2D eigenvalue weighted by Crippen LogP contribution is -2.30. The van der Waals surface area contributed by atoms with Crippen LogP contribution in [0.4, 0.5) is 5.69 Å². The van der Waals surface area contributed by atoms with Crippen LogP contribution in [0.15, 0.2) is 41.6 Å². The van der Waals surface area contributed by atoms with Crippen LogP contribution < -0.4 is 10.6 Å². The van der Waals surface area contributed by atoms with Crippen molar-refractivity contribution >= 4 is 23.4 Å². The lowest BCUT2D eigenvalue weighted by Gasteiger charge is -2.14. The van der Waals surface area contributed by atoms with Gasteiger partial charge < -0.3 is 10.6 Å². The largest absolute Gasteiger partial charge is 0.324 e. The molecule has 0 bridgehead atoms. The number of benzene rings is 1. The van der Waals surface area contributed by atoms with Gasteiger partial charge in [-0.05, 0) is 37.6 Å². The molecule has 1 amide bonds. The third-order valence-corrected chi connectivity index (χ3v) is 3.71. The van der Waals surface area contributed by atoms with E-state index in [1.165, 1.54) is 4.90 Å². The van der Waals surface area contributed by atoms with Crippen molar-refractivity contribution in [1.29, 1.82) is 0 Å². The van der Waals surface area contributed by atoms with Gasteiger partial charge in [0.1, 0.15) is 6.04 Å². The lowest BCUT2D eigenvalue weighted by molar-refractivity contribution is -0.118. The van der Waals surface area contributed by atoms with E-state index >= 15 is 0 Å². The second-order valence-electron chi connectivity index (χ2n) is 4.39. The summed E-state index contributed by atoms with van der Waals surface area (Å²) in [6, 6.07) is 7.36. The first-order chi connectivity index (χ1) is 9.63. The van der Waals surface area contributed by atoms with Crippen LogP contribution in [0, 0.1) is 0 Å². The highest BCUT2D eigenvalue weighted by molar-refractivity contribution is 7.98. The number of likely N-dealkylation sites (N-methyl/N-ethyl adjacent to an activating group) is 1. The summed E-state index contributed by atoms with van der Waals surface area (Å²) < 4.78 is 1.68. The van der Waals surface area contributed by atoms with Gasteiger partial charge >= 0.3 is 0 Å². The van der Waals surface area contributed by atoms with Crippen LogP contribution in [0.2, 0.25) is 0 Å². The molecule has 0 saturated heterocycles. The highest BCUT2D eigenvalue weighted by Gasteiger charge is 2.20. The number of aromatic nitrogens is 2. The Labute approximate surface area is 122 Å². The van der Waals surface area contributed by atoms with Crippen molar-refractivity contribution in [3.05, 3.63) is 42.2 Å². The van der Waals surface area contributed by atoms with E-state index in [9.17, 15) is 4.79 Å². The van der Waals surface area contributed by atoms with Gasteiger partial charge in [0.2, 0.25) is 5.91 Å². The summed E-state index contributed by atoms with van der Waals surface area (Å²) in [5.41, 5.74) is 1.63. The molecule has 0 spiro atoms. The number of carbonyl (C=O) groups excluding carboxylic acids is 1. The van der Waals surface area contributed by atoms with Gasteiger partial charge in [0.25, 0.3) is 0 Å². The zero-order valence-corrected chi connectivity index (χ0v) is 12.6. The van der Waals surface area contributed by atoms with Crippen LogP contribution in [0.3, 0.4) is 0 Å². The molecule has 6 heteroatoms. The van der Waals surface area contributed by atoms with Gasteiger partial charge in [0.05, 0.1) is 6.20 Å². The number of hydrogen-bond donors (Lipinski definition) is 2. The Hall–Kier alpha value is -1.79. The van der Waals surface area contributed by atoms with Gasteiger partial charge in [0.15, 0.2) is 0 Å². The Kier molecular flexibility index (Phi) is 4.81. The molecule has 106 valence electrons. The quantitative estimate of drug-likeness (QED) is 0.827. The topological polar surface area (TPSA) is 59.0 Å². The summed E-state index contributed by atoms with van der Waals surface area (Å²) in [4.78, 5) is 13.5. The van der Waals surface area contributed by atoms with E-state index in [-0.39, 0.29) is 5.91 Å². The van der Waals surface area contributed by atoms with Crippen LogP contribution in [-0.4, -0.2) is 29.0 Å². The number of carbonyl (C=O) groups is 1. The van der Waals surface area contributed by atoms with Crippen LogP contribution in [0.5, 0.6) is 0 Å². The SMILES string of the molecule is CNC(C(=O)Nc1ccc(SC)cc1)c1cnn(C)c1. The zero-order chi connectivity index (χ0) is 14.5. The van der Waals surface area contributed by atoms with Crippen LogP contribution in [0.25, 0.3) is 0 Å². The Morgan fingerprint density at radius 1 is 1.35 bits per heavy atom. The molecule has 0 aliphatic rings. The summed E-state index contributed by atoms with van der Waals surface area (Å²) >= 11 is 1.67. The number of nitrogens with zero attached hydrogens (tertiary/aromatic N) is 2. The van der Waals surface area contributed by atoms with Crippen LogP contribution in [-0.2, 0) is 11.8 Å². The first kappa shape index (κ1) is 14.6. The Morgan fingerprint density at radius 3 is 2.55 bits per heavy atom. The lowest BCUT2D eigenvalue weighted by atomic mass is 10.1. The molecule has 1 aromatic carbocycles. The average Bonchev–Trinajstić information content (AvgIpc) is 2.87. The molecule has 20 heavy (non-hydrogen) atoms. The van der Waals surface area contributed by atoms with Gasteiger partial charge in [-0.1, -0.05) is 0 Å². The molecular weight excluding hydrogens is 272 g/mol. The Balaban J connectivity index is 2.08. The van der Waals surface area contributed by atoms with Gasteiger partial charge in [0, 0.05) is 29.4 Å². The molecule has 0 fully saturated rings. The molecule has 5 nitrogen and oxygen atoms in total. The molecule has 2 aromatic rings. The molecular formula is C14H18N4OS. The molecule has 0 saturated carbocycles. The van der Waals surface area contributed by atoms with E-state index in [1.54, 1.807) is 29.7 Å². The average molecular weight is 290 g/mol. The number of hydrogen-bond acceptors (Lipinski definition) is 4. The first-order valence-electron chi connectivity index (χ1n) is 6.24. The highest BCUT2D eigenvalue weighted by Crippen LogP contribution is 2.19. The fraction of sp³-hybridized carbons (Fsp3) is 0.286. The normalized spacial score (nSPS) is 12.2. The van der Waals surface area contributed by atoms with Crippen molar-refractivity contribution in [1.82, 2.24) is 15.1 Å². The number of aryl methyl sites for hydroxylation is 1. The molecule has 1 heterocycles. The molecule has 0 aliphatic heterocycles. The van der Waals surface area contributed by atoms with E-state index in [4.69, 9.17) is 0 Å². The van der Waals surface area contributed by atoms with Gasteiger partial charge in [-0.25, -0.2) is 0 Å². The Morgan fingerprint density at radius 2 is 2.05 bits per heavy atom. The summed E-state index contributed by atoms with van der Waals surface area (Å²) in [5.74, 6) is -0.0996. The van der Waals surface area contributed by atoms with Crippen molar-refractivity contribution in [2.75, 3.05) is 18.6 Å². The maximum absolute atomic E-state index is 12.3. The molecule has 1 atom stereocenters. The summed E-state index contributed by atoms with van der Waals surface area (Å²) in [5, 5.41) is 10.0. The summed E-state index contributed by atoms with van der Waals surface area (Å²) in [6.07, 6.45) is 5.54. The zero-order valence-electron chi connectivity index (χ0n) is 11.8. The maximum atomic E-state index is 12.3. The maximum Gasteiger partial charge on any atom is 0.246 e. The predicted molar refractivity (Wildman–Crippen MR) is 81.9 cm³/mol. The van der Waals surface area contributed by atoms with E-state index < -0.39 is 6.04 Å². The first-order valence-corrected chi connectivity index (χ1v) is 7.47. The molecule has 0 aliphatic carbocycles. The monoisotopic (exact) mass is 290 g/mol. The molecule has 0 radical (unpaired) electrons. The van der Waals surface area contributed by atoms with Crippen molar-refractivity contribution < 1.29 is 4.79 Å². The molecule has 1 unspecified atom stereocenters. The summed E-state index contributed by atoms with van der Waals surface area (Å²) in [7, 11) is 3.59. The third kappa shape index (κ3) is 3.40. The highest BCUT2D eigenvalue weighted by atomic mass is 32.2. The minimum atomic E-state index is -0.413. The van der Waals surface area contributed by atoms with Crippen molar-refractivity contribution in [2.45, 2.75) is 10.9 Å². The van der Waals surface area contributed by atoms with E-state index in [1.807, 2.05) is 43.8 Å². The number of nitrogens with one attached hydrogen (secondary N) is 2. The van der Waals surface area contributed by atoms with Crippen LogP contribution in [0.1, 0.15) is 11.6 Å². The minimum absolute atomic E-state index is 0.0996. The third-order valence-electron chi connectivity index (χ3n) is 2.97. The smallest absolute Gasteiger partial charge is 0.246 e. The second kappa shape index (κ2) is 6.58. The van der Waals surface area contributed by atoms with E-state index in [0.717, 1.165) is 11.3 Å². The standard InChI is InChI=1S/C14H18N4OS/c1-15-13(10-8-16-18(2)9-10)14(19)17-11-4-6-12(20-3)7-5-11/h4-9,13,15H,1-3H3,(H,17,19). The predicted octanol–water partition coefficient (Wildman–Crippen LogP) is 2.04. The van der Waals surface area contributed by atoms with Crippen molar-refractivity contribution in [3.8, 4) is 0 Å². The van der Waals surface area contributed by atoms with Gasteiger partial charge in [-0.3, -0.25) is 9.48 Å². The number of anilines is 1. The minimum Gasteiger partial charge on any atom is -0.324 e. The fourth-order valence-electron chi connectivity index (χ4n) is 1.93. The fourth-order valence-corrected chi connectivity index (χ4v) is 2.34. The van der Waals surface area contributed by atoms with Crippen LogP contribution >= 0.6 is 11.8 Å². The number of thioether (sulfide) groups is 1. The van der Waals surface area contributed by atoms with E-state index in [0.29, 0.717) is 0 Å². The van der Waals surface area contributed by atoms with E-state index in [2.05, 4.69) is 15.7 Å². The molecule has 2 rings (SSSR count). The van der Waals surface area contributed by atoms with Crippen molar-refractivity contribution in [3.63, 3.8) is 0 Å². The number of rotatable bonds is 5. The van der Waals surface area contributed by atoms with Gasteiger partial charge in [-0.2, -0.15) is 5.10 Å². The second-order valence-corrected chi connectivity index (χ2v) is 5.27.